The second-order valence-electron chi connectivity index (χ2n) is 5.23. The number of amides is 1. The van der Waals surface area contributed by atoms with Crippen LogP contribution in [0.3, 0.4) is 0 Å². The lowest BCUT2D eigenvalue weighted by molar-refractivity contribution is -0.121. The minimum absolute atomic E-state index is 0.106. The number of rotatable bonds is 7. The molecule has 0 fully saturated rings. The second-order valence-corrected chi connectivity index (χ2v) is 7.32. The van der Waals surface area contributed by atoms with Gasteiger partial charge in [-0.25, -0.2) is 12.8 Å². The van der Waals surface area contributed by atoms with Crippen molar-refractivity contribution in [1.82, 2.24) is 9.62 Å². The van der Waals surface area contributed by atoms with Crippen LogP contribution in [0.25, 0.3) is 0 Å². The molecule has 22 heavy (non-hydrogen) atoms. The topological polar surface area (TPSA) is 75.7 Å². The van der Waals surface area contributed by atoms with Crippen LogP contribution in [0.2, 0.25) is 0 Å². The van der Waals surface area contributed by atoms with Crippen LogP contribution in [-0.2, 0) is 21.4 Å². The Balaban J connectivity index is 2.58. The van der Waals surface area contributed by atoms with Gasteiger partial charge in [-0.3, -0.25) is 4.79 Å². The van der Waals surface area contributed by atoms with Crippen LogP contribution in [-0.4, -0.2) is 44.6 Å². The van der Waals surface area contributed by atoms with Gasteiger partial charge in [-0.15, -0.1) is 0 Å². The minimum Gasteiger partial charge on any atom is -0.488 e. The van der Waals surface area contributed by atoms with Gasteiger partial charge in [0.25, 0.3) is 0 Å². The average Bonchev–Trinajstić information content (AvgIpc) is 2.37. The van der Waals surface area contributed by atoms with E-state index in [9.17, 15) is 17.6 Å². The van der Waals surface area contributed by atoms with Crippen molar-refractivity contribution in [3.05, 3.63) is 29.6 Å². The minimum atomic E-state index is -3.41. The summed E-state index contributed by atoms with van der Waals surface area (Å²) < 4.78 is 42.4. The predicted molar refractivity (Wildman–Crippen MR) is 81.5 cm³/mol. The highest BCUT2D eigenvalue weighted by Gasteiger charge is 2.15. The van der Waals surface area contributed by atoms with Crippen LogP contribution in [0.1, 0.15) is 19.4 Å². The monoisotopic (exact) mass is 332 g/mol. The zero-order chi connectivity index (χ0) is 16.9. The molecule has 124 valence electrons. The van der Waals surface area contributed by atoms with E-state index in [1.54, 1.807) is 19.9 Å². The van der Waals surface area contributed by atoms with E-state index in [1.807, 2.05) is 0 Å². The van der Waals surface area contributed by atoms with Crippen molar-refractivity contribution in [2.24, 2.45) is 0 Å². The normalized spacial score (nSPS) is 11.8. The number of ether oxygens (including phenoxy) is 1. The molecule has 1 amide bonds. The van der Waals surface area contributed by atoms with Crippen LogP contribution >= 0.6 is 0 Å². The number of carbonyl (C=O) groups excluding carboxylic acids is 1. The molecular weight excluding hydrogens is 311 g/mol. The number of halogens is 1. The van der Waals surface area contributed by atoms with Gasteiger partial charge in [-0.2, -0.15) is 4.31 Å². The number of carbonyl (C=O) groups is 1. The maximum Gasteiger partial charge on any atom is 0.235 e. The van der Waals surface area contributed by atoms with E-state index >= 15 is 0 Å². The Labute approximate surface area is 130 Å². The maximum atomic E-state index is 13.8. The highest BCUT2D eigenvalue weighted by molar-refractivity contribution is 7.88. The van der Waals surface area contributed by atoms with Gasteiger partial charge in [-0.05, 0) is 31.5 Å². The van der Waals surface area contributed by atoms with Crippen LogP contribution in [0.4, 0.5) is 4.39 Å². The number of benzene rings is 1. The third-order valence-electron chi connectivity index (χ3n) is 2.78. The summed E-state index contributed by atoms with van der Waals surface area (Å²) in [5.74, 6) is -0.813. The molecule has 0 saturated heterocycles. The summed E-state index contributed by atoms with van der Waals surface area (Å²) in [6.07, 6.45) is 0.884. The molecule has 1 N–H and O–H groups in total. The molecule has 0 aliphatic rings. The van der Waals surface area contributed by atoms with E-state index in [2.05, 4.69) is 5.32 Å². The molecule has 0 radical (unpaired) electrons. The Bertz CT molecular complexity index is 632. The smallest absolute Gasteiger partial charge is 0.235 e. The van der Waals surface area contributed by atoms with Crippen molar-refractivity contribution >= 4 is 15.9 Å². The largest absolute Gasteiger partial charge is 0.488 e. The van der Waals surface area contributed by atoms with Crippen molar-refractivity contribution in [2.75, 3.05) is 19.8 Å². The molecule has 8 heteroatoms. The van der Waals surface area contributed by atoms with E-state index in [4.69, 9.17) is 4.74 Å². The van der Waals surface area contributed by atoms with Gasteiger partial charge in [0.2, 0.25) is 15.9 Å². The molecule has 0 spiro atoms. The fourth-order valence-electron chi connectivity index (χ4n) is 1.58. The van der Waals surface area contributed by atoms with Crippen LogP contribution < -0.4 is 10.1 Å². The van der Waals surface area contributed by atoms with Crippen molar-refractivity contribution in [1.29, 1.82) is 0 Å². The first-order valence-electron chi connectivity index (χ1n) is 6.72. The summed E-state index contributed by atoms with van der Waals surface area (Å²) in [4.78, 5) is 11.6. The summed E-state index contributed by atoms with van der Waals surface area (Å²) >= 11 is 0. The molecule has 0 bridgehead atoms. The molecule has 0 aliphatic carbocycles. The standard InChI is InChI=1S/C14H21FN2O4S/c1-10(2)21-13-6-5-11(7-12(13)15)8-16-14(18)9-17(3)22(4,19)20/h5-7,10H,8-9H2,1-4H3,(H,16,18). The number of hydrogen-bond acceptors (Lipinski definition) is 4. The van der Waals surface area contributed by atoms with Crippen molar-refractivity contribution in [2.45, 2.75) is 26.5 Å². The Morgan fingerprint density at radius 3 is 2.55 bits per heavy atom. The second kappa shape index (κ2) is 7.55. The Kier molecular flexibility index (Phi) is 6.31. The van der Waals surface area contributed by atoms with E-state index in [0.29, 0.717) is 5.56 Å². The Morgan fingerprint density at radius 1 is 1.41 bits per heavy atom. The Hall–Kier alpha value is -1.67. The zero-order valence-corrected chi connectivity index (χ0v) is 13.9. The van der Waals surface area contributed by atoms with E-state index < -0.39 is 21.7 Å². The van der Waals surface area contributed by atoms with Gasteiger partial charge in [0, 0.05) is 13.6 Å². The number of sulfonamides is 1. The van der Waals surface area contributed by atoms with Gasteiger partial charge in [0.05, 0.1) is 18.9 Å². The van der Waals surface area contributed by atoms with Gasteiger partial charge >= 0.3 is 0 Å². The summed E-state index contributed by atoms with van der Waals surface area (Å²) in [7, 11) is -2.10. The van der Waals surface area contributed by atoms with E-state index in [-0.39, 0.29) is 24.9 Å². The van der Waals surface area contributed by atoms with Crippen molar-refractivity contribution < 1.29 is 22.3 Å². The van der Waals surface area contributed by atoms with Crippen molar-refractivity contribution in [3.63, 3.8) is 0 Å². The molecule has 1 aromatic rings. The lowest BCUT2D eigenvalue weighted by Gasteiger charge is -2.14. The van der Waals surface area contributed by atoms with Gasteiger partial charge in [0.15, 0.2) is 11.6 Å². The fourth-order valence-corrected chi connectivity index (χ4v) is 1.93. The van der Waals surface area contributed by atoms with E-state index in [1.165, 1.54) is 19.2 Å². The van der Waals surface area contributed by atoms with Gasteiger partial charge in [0.1, 0.15) is 0 Å². The zero-order valence-electron chi connectivity index (χ0n) is 13.1. The molecule has 1 aromatic carbocycles. The fraction of sp³-hybridized carbons (Fsp3) is 0.500. The Morgan fingerprint density at radius 2 is 2.05 bits per heavy atom. The molecule has 0 atom stereocenters. The lowest BCUT2D eigenvalue weighted by Crippen LogP contribution is -2.37. The quantitative estimate of drug-likeness (QED) is 0.812. The maximum absolute atomic E-state index is 13.8. The number of hydrogen-bond donors (Lipinski definition) is 1. The van der Waals surface area contributed by atoms with Crippen LogP contribution in [0.15, 0.2) is 18.2 Å². The van der Waals surface area contributed by atoms with E-state index in [0.717, 1.165) is 10.6 Å². The third kappa shape index (κ3) is 5.98. The first-order chi connectivity index (χ1) is 10.1. The third-order valence-corrected chi connectivity index (χ3v) is 4.04. The SMILES string of the molecule is CC(C)Oc1ccc(CNC(=O)CN(C)S(C)(=O)=O)cc1F. The summed E-state index contributed by atoms with van der Waals surface area (Å²) in [6, 6.07) is 4.42. The highest BCUT2D eigenvalue weighted by Crippen LogP contribution is 2.19. The van der Waals surface area contributed by atoms with Crippen LogP contribution in [0.5, 0.6) is 5.75 Å². The number of nitrogens with zero attached hydrogens (tertiary/aromatic N) is 1. The molecule has 0 heterocycles. The molecule has 0 aromatic heterocycles. The summed E-state index contributed by atoms with van der Waals surface area (Å²) in [5.41, 5.74) is 0.559. The molecule has 0 saturated carbocycles. The molecule has 0 aliphatic heterocycles. The molecule has 1 rings (SSSR count). The average molecular weight is 332 g/mol. The lowest BCUT2D eigenvalue weighted by atomic mass is 10.2. The predicted octanol–water partition coefficient (Wildman–Crippen LogP) is 1.12. The first kappa shape index (κ1) is 18.4. The van der Waals surface area contributed by atoms with Gasteiger partial charge in [-0.1, -0.05) is 6.07 Å². The number of nitrogens with one attached hydrogen (secondary N) is 1. The highest BCUT2D eigenvalue weighted by atomic mass is 32.2. The molecule has 0 unspecified atom stereocenters. The van der Waals surface area contributed by atoms with Gasteiger partial charge < -0.3 is 10.1 Å². The summed E-state index contributed by atoms with van der Waals surface area (Å²) in [6.45, 7) is 3.42. The number of likely N-dealkylation sites (N-methyl/N-ethyl adjacent to an activating group) is 1. The molecule has 6 nitrogen and oxygen atoms in total. The summed E-state index contributed by atoms with van der Waals surface area (Å²) in [5, 5.41) is 2.54. The van der Waals surface area contributed by atoms with Crippen molar-refractivity contribution in [3.8, 4) is 5.75 Å². The first-order valence-corrected chi connectivity index (χ1v) is 8.57. The molecular formula is C14H21FN2O4S. The van der Waals surface area contributed by atoms with Crippen LogP contribution in [0, 0.1) is 5.82 Å².